The van der Waals surface area contributed by atoms with Crippen molar-refractivity contribution in [3.63, 3.8) is 0 Å². The van der Waals surface area contributed by atoms with Gasteiger partial charge in [-0.25, -0.2) is 4.39 Å². The second kappa shape index (κ2) is 4.53. The van der Waals surface area contributed by atoms with Crippen LogP contribution in [0.4, 0.5) is 23.2 Å². The van der Waals surface area contributed by atoms with Gasteiger partial charge in [-0.05, 0) is 31.2 Å². The first-order chi connectivity index (χ1) is 8.80. The van der Waals surface area contributed by atoms with E-state index in [2.05, 4.69) is 4.98 Å². The Morgan fingerprint density at radius 2 is 1.84 bits per heavy atom. The van der Waals surface area contributed by atoms with Crippen molar-refractivity contribution in [2.75, 3.05) is 5.73 Å². The first-order valence-electron chi connectivity index (χ1n) is 5.39. The zero-order valence-electron chi connectivity index (χ0n) is 9.92. The molecule has 0 aliphatic heterocycles. The van der Waals surface area contributed by atoms with Crippen molar-refractivity contribution < 1.29 is 17.6 Å². The van der Waals surface area contributed by atoms with Crippen LogP contribution < -0.4 is 5.73 Å². The van der Waals surface area contributed by atoms with Crippen LogP contribution in [0.5, 0.6) is 0 Å². The molecule has 2 N–H and O–H groups in total. The maximum Gasteiger partial charge on any atom is 0.417 e. The third-order valence-corrected chi connectivity index (χ3v) is 2.71. The van der Waals surface area contributed by atoms with E-state index in [9.17, 15) is 17.6 Å². The number of nitrogen functional groups attached to an aromatic ring is 1. The van der Waals surface area contributed by atoms with Crippen molar-refractivity contribution in [3.05, 3.63) is 47.5 Å². The number of nitrogens with zero attached hydrogens (tertiary/aromatic N) is 1. The van der Waals surface area contributed by atoms with Crippen LogP contribution in [0.1, 0.15) is 11.3 Å². The molecule has 1 aromatic carbocycles. The lowest BCUT2D eigenvalue weighted by Crippen LogP contribution is -2.09. The van der Waals surface area contributed by atoms with Crippen LogP contribution in [0.3, 0.4) is 0 Å². The lowest BCUT2D eigenvalue weighted by Gasteiger charge is -2.15. The molecule has 6 heteroatoms. The molecule has 1 heterocycles. The van der Waals surface area contributed by atoms with Gasteiger partial charge in [-0.2, -0.15) is 13.2 Å². The number of nitrogens with two attached hydrogens (primary N) is 1. The molecule has 0 saturated carbocycles. The highest BCUT2D eigenvalue weighted by molar-refractivity contribution is 5.72. The number of alkyl halides is 3. The maximum absolute atomic E-state index is 13.8. The van der Waals surface area contributed by atoms with Gasteiger partial charge in [0.2, 0.25) is 0 Å². The second-order valence-corrected chi connectivity index (χ2v) is 4.06. The molecule has 0 unspecified atom stereocenters. The number of hydrogen-bond acceptors (Lipinski definition) is 2. The van der Waals surface area contributed by atoms with Crippen LogP contribution in [0.2, 0.25) is 0 Å². The second-order valence-electron chi connectivity index (χ2n) is 4.06. The summed E-state index contributed by atoms with van der Waals surface area (Å²) in [7, 11) is 0. The van der Waals surface area contributed by atoms with E-state index in [-0.39, 0.29) is 22.5 Å². The van der Waals surface area contributed by atoms with E-state index in [0.29, 0.717) is 0 Å². The number of halogens is 4. The first kappa shape index (κ1) is 13.3. The fraction of sp³-hybridized carbons (Fsp3) is 0.154. The molecule has 0 aliphatic rings. The van der Waals surface area contributed by atoms with Gasteiger partial charge in [0, 0.05) is 28.7 Å². The molecular weight excluding hydrogens is 260 g/mol. The molecule has 2 nitrogen and oxygen atoms in total. The van der Waals surface area contributed by atoms with Crippen molar-refractivity contribution in [1.29, 1.82) is 0 Å². The molecule has 0 atom stereocenters. The molecule has 1 aromatic heterocycles. The Hall–Kier alpha value is -2.11. The van der Waals surface area contributed by atoms with Crippen LogP contribution in [0.25, 0.3) is 11.1 Å². The lowest BCUT2D eigenvalue weighted by atomic mass is 9.97. The average molecular weight is 270 g/mol. The standard InChI is InChI=1S/C13H10F4N2/c1-7-12(9-3-2-8(18)6-11(9)14)10(4-5-19-7)13(15,16)17/h2-6H,18H2,1H3. The minimum Gasteiger partial charge on any atom is -0.399 e. The third kappa shape index (κ3) is 2.52. The van der Waals surface area contributed by atoms with Gasteiger partial charge in [-0.15, -0.1) is 0 Å². The van der Waals surface area contributed by atoms with E-state index in [1.807, 2.05) is 0 Å². The fourth-order valence-corrected chi connectivity index (χ4v) is 1.88. The number of aromatic nitrogens is 1. The summed E-state index contributed by atoms with van der Waals surface area (Å²) in [6.07, 6.45) is -3.52. The number of pyridine rings is 1. The molecule has 0 bridgehead atoms. The molecular formula is C13H10F4N2. The summed E-state index contributed by atoms with van der Waals surface area (Å²) in [5.74, 6) is -0.804. The van der Waals surface area contributed by atoms with Crippen molar-refractivity contribution in [1.82, 2.24) is 4.98 Å². The predicted octanol–water partition coefficient (Wildman–Crippen LogP) is 3.80. The number of anilines is 1. The van der Waals surface area contributed by atoms with E-state index in [1.54, 1.807) is 0 Å². The molecule has 0 fully saturated rings. The third-order valence-electron chi connectivity index (χ3n) is 2.71. The minimum absolute atomic E-state index is 0.110. The molecule has 0 radical (unpaired) electrons. The summed E-state index contributed by atoms with van der Waals surface area (Å²) < 4.78 is 52.7. The molecule has 0 spiro atoms. The van der Waals surface area contributed by atoms with Crippen LogP contribution in [0.15, 0.2) is 30.5 Å². The summed E-state index contributed by atoms with van der Waals surface area (Å²) >= 11 is 0. The quantitative estimate of drug-likeness (QED) is 0.632. The zero-order chi connectivity index (χ0) is 14.2. The molecule has 0 saturated heterocycles. The van der Waals surface area contributed by atoms with Crippen molar-refractivity contribution in [3.8, 4) is 11.1 Å². The van der Waals surface area contributed by atoms with Crippen molar-refractivity contribution in [2.45, 2.75) is 13.1 Å². The Kier molecular flexibility index (Phi) is 3.18. The van der Waals surface area contributed by atoms with Gasteiger partial charge in [0.05, 0.1) is 5.56 Å². The topological polar surface area (TPSA) is 38.9 Å². The first-order valence-corrected chi connectivity index (χ1v) is 5.39. The summed E-state index contributed by atoms with van der Waals surface area (Å²) in [6.45, 7) is 1.40. The van der Waals surface area contributed by atoms with Gasteiger partial charge in [-0.3, -0.25) is 4.98 Å². The van der Waals surface area contributed by atoms with Gasteiger partial charge in [-0.1, -0.05) is 0 Å². The summed E-state index contributed by atoms with van der Waals surface area (Å²) in [5.41, 5.74) is 4.32. The molecule has 100 valence electrons. The van der Waals surface area contributed by atoms with E-state index in [4.69, 9.17) is 5.73 Å². The highest BCUT2D eigenvalue weighted by Gasteiger charge is 2.35. The zero-order valence-corrected chi connectivity index (χ0v) is 9.92. The van der Waals surface area contributed by atoms with Gasteiger partial charge >= 0.3 is 6.18 Å². The van der Waals surface area contributed by atoms with Crippen molar-refractivity contribution >= 4 is 5.69 Å². The normalized spacial score (nSPS) is 11.6. The van der Waals surface area contributed by atoms with Gasteiger partial charge < -0.3 is 5.73 Å². The Bertz CT molecular complexity index is 621. The van der Waals surface area contributed by atoms with Gasteiger partial charge in [0.15, 0.2) is 0 Å². The molecule has 2 rings (SSSR count). The molecule has 2 aromatic rings. The molecule has 0 amide bonds. The smallest absolute Gasteiger partial charge is 0.399 e. The molecule has 19 heavy (non-hydrogen) atoms. The van der Waals surface area contributed by atoms with E-state index in [1.165, 1.54) is 19.1 Å². The predicted molar refractivity (Wildman–Crippen MR) is 63.8 cm³/mol. The monoisotopic (exact) mass is 270 g/mol. The van der Waals surface area contributed by atoms with E-state index in [0.717, 1.165) is 18.3 Å². The van der Waals surface area contributed by atoms with Crippen LogP contribution in [-0.4, -0.2) is 4.98 Å². The van der Waals surface area contributed by atoms with Crippen LogP contribution >= 0.6 is 0 Å². The highest BCUT2D eigenvalue weighted by Crippen LogP contribution is 2.39. The molecule has 0 aliphatic carbocycles. The Balaban J connectivity index is 2.74. The van der Waals surface area contributed by atoms with Crippen molar-refractivity contribution in [2.24, 2.45) is 0 Å². The summed E-state index contributed by atoms with van der Waals surface area (Å²) in [4.78, 5) is 3.80. The number of hydrogen-bond donors (Lipinski definition) is 1. The fourth-order valence-electron chi connectivity index (χ4n) is 1.88. The summed E-state index contributed by atoms with van der Waals surface area (Å²) in [6, 6.07) is 4.40. The van der Waals surface area contributed by atoms with Crippen LogP contribution in [0, 0.1) is 12.7 Å². The van der Waals surface area contributed by atoms with Crippen LogP contribution in [-0.2, 0) is 6.18 Å². The Labute approximate surface area is 106 Å². The van der Waals surface area contributed by atoms with Gasteiger partial charge in [0.25, 0.3) is 0 Å². The van der Waals surface area contributed by atoms with Gasteiger partial charge in [0.1, 0.15) is 5.82 Å². The number of aryl methyl sites for hydroxylation is 1. The average Bonchev–Trinajstić information content (AvgIpc) is 2.28. The maximum atomic E-state index is 13.8. The number of rotatable bonds is 1. The Morgan fingerprint density at radius 1 is 1.16 bits per heavy atom. The highest BCUT2D eigenvalue weighted by atomic mass is 19.4. The van der Waals surface area contributed by atoms with E-state index >= 15 is 0 Å². The Morgan fingerprint density at radius 3 is 2.42 bits per heavy atom. The summed E-state index contributed by atoms with van der Waals surface area (Å²) in [5, 5.41) is 0. The SMILES string of the molecule is Cc1nccc(C(F)(F)F)c1-c1ccc(N)cc1F. The largest absolute Gasteiger partial charge is 0.417 e. The lowest BCUT2D eigenvalue weighted by molar-refractivity contribution is -0.137. The minimum atomic E-state index is -4.57. The number of benzene rings is 1. The van der Waals surface area contributed by atoms with E-state index < -0.39 is 17.6 Å².